The Morgan fingerprint density at radius 3 is 2.33 bits per heavy atom. The van der Waals surface area contributed by atoms with Gasteiger partial charge in [-0.15, -0.1) is 0 Å². The Kier molecular flexibility index (Phi) is 18.2. The minimum atomic E-state index is -1.42. The average Bonchev–Trinajstić information content (AvgIpc) is 3.10. The first-order valence-electron chi connectivity index (χ1n) is 19.1. The van der Waals surface area contributed by atoms with Crippen molar-refractivity contribution in [3.8, 4) is 0 Å². The topological polar surface area (TPSA) is 189 Å². The van der Waals surface area contributed by atoms with Gasteiger partial charge in [-0.05, 0) is 60.0 Å². The molecule has 15 nitrogen and oxygen atoms in total. The van der Waals surface area contributed by atoms with Crippen LogP contribution in [0.2, 0.25) is 0 Å². The number of aliphatic hydroxyl groups excluding tert-OH is 3. The number of cyclic esters (lactones) is 1. The van der Waals surface area contributed by atoms with Crippen LogP contribution in [-0.4, -0.2) is 152 Å². The van der Waals surface area contributed by atoms with E-state index in [2.05, 4.69) is 0 Å². The Morgan fingerprint density at radius 1 is 1.02 bits per heavy atom. The summed E-state index contributed by atoms with van der Waals surface area (Å²) in [6.07, 6.45) is -2.84. The molecule has 54 heavy (non-hydrogen) atoms. The van der Waals surface area contributed by atoms with Crippen molar-refractivity contribution in [3.05, 3.63) is 24.3 Å². The van der Waals surface area contributed by atoms with Gasteiger partial charge in [0.25, 0.3) is 0 Å². The van der Waals surface area contributed by atoms with Crippen molar-refractivity contribution in [3.63, 3.8) is 0 Å². The van der Waals surface area contributed by atoms with Gasteiger partial charge in [-0.2, -0.15) is 0 Å². The van der Waals surface area contributed by atoms with Crippen molar-refractivity contribution in [2.75, 3.05) is 28.3 Å². The minimum Gasteiger partial charge on any atom is -0.462 e. The zero-order valence-electron chi connectivity index (χ0n) is 33.6. The molecule has 3 rings (SSSR count). The third kappa shape index (κ3) is 12.1. The summed E-state index contributed by atoms with van der Waals surface area (Å²) in [5.74, 6) is -2.02. The lowest BCUT2D eigenvalue weighted by atomic mass is 9.82. The molecule has 0 spiro atoms. The van der Waals surface area contributed by atoms with E-state index in [0.29, 0.717) is 6.42 Å². The van der Waals surface area contributed by atoms with Gasteiger partial charge in [-0.25, -0.2) is 0 Å². The fraction of sp³-hybridized carbons (Fsp3) is 0.821. The molecule has 3 N–H and O–H groups in total. The quantitative estimate of drug-likeness (QED) is 0.205. The number of ether oxygens (including phenoxy) is 8. The van der Waals surface area contributed by atoms with E-state index in [0.717, 1.165) is 6.29 Å². The molecule has 0 aromatic carbocycles. The minimum absolute atomic E-state index is 0.0371. The Balaban J connectivity index is 1.93. The van der Waals surface area contributed by atoms with E-state index in [1.165, 1.54) is 14.2 Å². The van der Waals surface area contributed by atoms with Gasteiger partial charge in [-0.3, -0.25) is 9.59 Å². The van der Waals surface area contributed by atoms with Crippen LogP contribution in [0.1, 0.15) is 80.1 Å². The van der Waals surface area contributed by atoms with Crippen LogP contribution < -0.4 is 0 Å². The van der Waals surface area contributed by atoms with Gasteiger partial charge < -0.3 is 62.9 Å². The second-order valence-corrected chi connectivity index (χ2v) is 15.3. The lowest BCUT2D eigenvalue weighted by Crippen LogP contribution is -2.66. The van der Waals surface area contributed by atoms with Gasteiger partial charge in [0.2, 0.25) is 0 Å². The fourth-order valence-corrected chi connectivity index (χ4v) is 7.66. The summed E-state index contributed by atoms with van der Waals surface area (Å²) in [7, 11) is 6.47. The molecule has 16 atom stereocenters. The number of carbonyl (C=O) groups excluding carboxylic acids is 3. The lowest BCUT2D eigenvalue weighted by Gasteiger charge is -2.51. The highest BCUT2D eigenvalue weighted by Gasteiger charge is 2.53. The molecule has 2 saturated heterocycles. The summed E-state index contributed by atoms with van der Waals surface area (Å²) in [5.41, 5.74) is -0.931. The maximum absolute atomic E-state index is 12.9. The zero-order valence-corrected chi connectivity index (χ0v) is 33.6. The van der Waals surface area contributed by atoms with Crippen molar-refractivity contribution in [2.24, 2.45) is 11.8 Å². The van der Waals surface area contributed by atoms with Crippen molar-refractivity contribution < 1.29 is 67.6 Å². The molecular formula is C39H65NO14. The van der Waals surface area contributed by atoms with Crippen LogP contribution in [0.15, 0.2) is 24.3 Å². The highest BCUT2D eigenvalue weighted by molar-refractivity contribution is 5.70. The van der Waals surface area contributed by atoms with Crippen LogP contribution in [0.5, 0.6) is 0 Å². The van der Waals surface area contributed by atoms with Crippen LogP contribution in [0.25, 0.3) is 0 Å². The molecule has 310 valence electrons. The molecule has 0 bridgehead atoms. The maximum atomic E-state index is 12.9. The fourth-order valence-electron chi connectivity index (χ4n) is 7.66. The molecule has 15 heteroatoms. The Labute approximate surface area is 320 Å². The van der Waals surface area contributed by atoms with E-state index in [9.17, 15) is 29.7 Å². The number of methoxy groups -OCH3 is 2. The molecule has 3 heterocycles. The first-order chi connectivity index (χ1) is 25.5. The van der Waals surface area contributed by atoms with Crippen molar-refractivity contribution >= 4 is 18.2 Å². The lowest BCUT2D eigenvalue weighted by molar-refractivity contribution is -0.345. The van der Waals surface area contributed by atoms with Crippen LogP contribution >= 0.6 is 0 Å². The average molecular weight is 772 g/mol. The Bertz CT molecular complexity index is 1250. The van der Waals surface area contributed by atoms with Gasteiger partial charge in [0.05, 0.1) is 43.0 Å². The number of allylic oxidation sites excluding steroid dienone is 2. The molecule has 0 unspecified atom stereocenters. The third-order valence-electron chi connectivity index (χ3n) is 10.8. The van der Waals surface area contributed by atoms with Gasteiger partial charge >= 0.3 is 11.9 Å². The predicted octanol–water partition coefficient (Wildman–Crippen LogP) is 2.46. The molecule has 0 aromatic heterocycles. The molecule has 0 radical (unpaired) electrons. The summed E-state index contributed by atoms with van der Waals surface area (Å²) >= 11 is 0. The molecule has 2 fully saturated rings. The monoisotopic (exact) mass is 771 g/mol. The van der Waals surface area contributed by atoms with E-state index in [1.807, 2.05) is 19.9 Å². The summed E-state index contributed by atoms with van der Waals surface area (Å²) in [4.78, 5) is 39.0. The first kappa shape index (κ1) is 46.1. The summed E-state index contributed by atoms with van der Waals surface area (Å²) in [6, 6.07) is -0.709. The van der Waals surface area contributed by atoms with E-state index in [1.54, 1.807) is 64.9 Å². The van der Waals surface area contributed by atoms with Gasteiger partial charge in [0.15, 0.2) is 18.7 Å². The van der Waals surface area contributed by atoms with E-state index >= 15 is 0 Å². The summed E-state index contributed by atoms with van der Waals surface area (Å²) in [6.45, 7) is 10.7. The zero-order chi connectivity index (χ0) is 40.3. The van der Waals surface area contributed by atoms with E-state index < -0.39 is 104 Å². The number of hydrogen-bond acceptors (Lipinski definition) is 15. The second kappa shape index (κ2) is 21.3. The number of carbonyl (C=O) groups is 3. The van der Waals surface area contributed by atoms with Crippen LogP contribution in [-0.2, 0) is 52.3 Å². The number of aldehydes is 1. The number of aliphatic hydroxyl groups is 3. The standard InChI is InChI=1S/C39H65NO14/c1-11-29(44)52-37-25(5)50-31(21-39(37,6)48-10)53-34-24(4)51-38(33(46)32(34)40(7)8)54-35-26(17-18-41)19-22(2)27(42)16-14-12-13-15-23(3)49-30(45)20-28(43)36(35)47-9/h12-14,16,18,22-28,31-38,42-43,46H,11,15,17,19-21H2,1-10H3/b13-12+,16-14+/t22-,23-,24-,25+,26+,27+,28-,31+,32-,33-,34-,35+,36+,37+,38+,39-/m1/s1. The number of nitrogens with zero attached hydrogens (tertiary/aromatic N) is 1. The van der Waals surface area contributed by atoms with Crippen molar-refractivity contribution in [1.82, 2.24) is 4.90 Å². The van der Waals surface area contributed by atoms with Gasteiger partial charge in [0, 0.05) is 39.9 Å². The molecule has 0 aliphatic carbocycles. The SMILES string of the molecule is CCC(=O)O[C@H]1[C@H](C)O[C@@H](O[C@H]2[C@H](N(C)C)[C@@H](O)[C@H](O[C@H]3[C@@H](CC=O)C[C@@H](C)[C@@H](O)/C=C/C=C/C[C@@H](C)OC(=O)C[C@@H](O)[C@@H]3OC)O[C@@H]2C)C[C@@]1(C)OC. The van der Waals surface area contributed by atoms with Crippen LogP contribution in [0, 0.1) is 11.8 Å². The molecule has 0 amide bonds. The number of esters is 2. The maximum Gasteiger partial charge on any atom is 0.308 e. The molecule has 3 aliphatic rings. The van der Waals surface area contributed by atoms with Crippen LogP contribution in [0.4, 0.5) is 0 Å². The molecular weight excluding hydrogens is 706 g/mol. The number of hydrogen-bond donors (Lipinski definition) is 3. The van der Waals surface area contributed by atoms with Gasteiger partial charge in [0.1, 0.15) is 36.3 Å². The number of likely N-dealkylation sites (N-methyl/N-ethyl adjacent to an activating group) is 1. The molecule has 0 saturated carbocycles. The predicted molar refractivity (Wildman–Crippen MR) is 196 cm³/mol. The number of rotatable bonds is 11. The highest BCUT2D eigenvalue weighted by Crippen LogP contribution is 2.38. The highest BCUT2D eigenvalue weighted by atomic mass is 16.7. The molecule has 3 aliphatic heterocycles. The largest absolute Gasteiger partial charge is 0.462 e. The normalized spacial score (nSPS) is 42.9. The smallest absolute Gasteiger partial charge is 0.308 e. The summed E-state index contributed by atoms with van der Waals surface area (Å²) in [5, 5.41) is 34.4. The van der Waals surface area contributed by atoms with Crippen LogP contribution in [0.3, 0.4) is 0 Å². The van der Waals surface area contributed by atoms with Crippen molar-refractivity contribution in [2.45, 2.75) is 165 Å². The van der Waals surface area contributed by atoms with Crippen molar-refractivity contribution in [1.29, 1.82) is 0 Å². The first-order valence-corrected chi connectivity index (χ1v) is 19.1. The third-order valence-corrected chi connectivity index (χ3v) is 10.8. The van der Waals surface area contributed by atoms with E-state index in [4.69, 9.17) is 37.9 Å². The summed E-state index contributed by atoms with van der Waals surface area (Å²) < 4.78 is 48.5. The molecule has 0 aromatic rings. The van der Waals surface area contributed by atoms with Gasteiger partial charge in [-0.1, -0.05) is 38.2 Å². The second-order valence-electron chi connectivity index (χ2n) is 15.3. The van der Waals surface area contributed by atoms with E-state index in [-0.39, 0.29) is 37.6 Å². The Hall–Kier alpha value is -2.31. The Morgan fingerprint density at radius 2 is 1.72 bits per heavy atom.